The fourth-order valence-corrected chi connectivity index (χ4v) is 2.32. The quantitative estimate of drug-likeness (QED) is 0.787. The van der Waals surface area contributed by atoms with Gasteiger partial charge in [0.2, 0.25) is 0 Å². The first kappa shape index (κ1) is 16.7. The molecule has 0 unspecified atom stereocenters. The third-order valence-electron chi connectivity index (χ3n) is 3.70. The van der Waals surface area contributed by atoms with E-state index in [0.717, 1.165) is 26.2 Å². The van der Waals surface area contributed by atoms with E-state index in [4.69, 9.17) is 18.0 Å². The van der Waals surface area contributed by atoms with Gasteiger partial charge in [-0.1, -0.05) is 12.2 Å². The fourth-order valence-electron chi connectivity index (χ4n) is 2.19. The lowest BCUT2D eigenvalue weighted by Crippen LogP contribution is -2.59. The van der Waals surface area contributed by atoms with Crippen LogP contribution in [0.3, 0.4) is 0 Å². The Balaban J connectivity index is 2.32. The number of rotatable bonds is 5. The maximum absolute atomic E-state index is 12.1. The smallest absolute Gasteiger partial charge is 0.389 e. The summed E-state index contributed by atoms with van der Waals surface area (Å²) in [6.45, 7) is 7.57. The van der Waals surface area contributed by atoms with Crippen molar-refractivity contribution in [1.29, 1.82) is 0 Å². The van der Waals surface area contributed by atoms with Crippen LogP contribution in [0.1, 0.15) is 26.7 Å². The summed E-state index contributed by atoms with van der Waals surface area (Å²) in [5.41, 5.74) is 5.39. The SMILES string of the molecule is CC(C)(C(N)=S)N1CCN(CCCC(F)(F)F)CC1. The summed E-state index contributed by atoms with van der Waals surface area (Å²) in [6, 6.07) is 0. The molecule has 3 nitrogen and oxygen atoms in total. The molecule has 0 bridgehead atoms. The van der Waals surface area contributed by atoms with Crippen LogP contribution in [0.5, 0.6) is 0 Å². The molecule has 1 aliphatic heterocycles. The summed E-state index contributed by atoms with van der Waals surface area (Å²) in [4.78, 5) is 4.71. The highest BCUT2D eigenvalue weighted by Gasteiger charge is 2.32. The molecule has 1 aliphatic rings. The highest BCUT2D eigenvalue weighted by molar-refractivity contribution is 7.80. The average Bonchev–Trinajstić information content (AvgIpc) is 2.27. The number of hydrogen-bond acceptors (Lipinski definition) is 3. The monoisotopic (exact) mass is 297 g/mol. The molecule has 2 N–H and O–H groups in total. The van der Waals surface area contributed by atoms with E-state index in [0.29, 0.717) is 11.5 Å². The van der Waals surface area contributed by atoms with Crippen molar-refractivity contribution in [3.05, 3.63) is 0 Å². The first-order chi connectivity index (χ1) is 8.63. The minimum atomic E-state index is -4.05. The summed E-state index contributed by atoms with van der Waals surface area (Å²) < 4.78 is 36.2. The van der Waals surface area contributed by atoms with Crippen molar-refractivity contribution in [2.24, 2.45) is 5.73 Å². The number of piperazine rings is 1. The molecular formula is C12H22F3N3S. The highest BCUT2D eigenvalue weighted by Crippen LogP contribution is 2.22. The van der Waals surface area contributed by atoms with Gasteiger partial charge in [-0.3, -0.25) is 4.90 Å². The Hall–Kier alpha value is -0.400. The number of alkyl halides is 3. The van der Waals surface area contributed by atoms with Crippen molar-refractivity contribution in [1.82, 2.24) is 9.80 Å². The van der Waals surface area contributed by atoms with Crippen LogP contribution in [-0.2, 0) is 0 Å². The van der Waals surface area contributed by atoms with Gasteiger partial charge in [-0.15, -0.1) is 0 Å². The van der Waals surface area contributed by atoms with Crippen molar-refractivity contribution in [3.63, 3.8) is 0 Å². The van der Waals surface area contributed by atoms with Gasteiger partial charge < -0.3 is 10.6 Å². The molecule has 1 rings (SSSR count). The molecule has 7 heteroatoms. The molecular weight excluding hydrogens is 275 g/mol. The largest absolute Gasteiger partial charge is 0.392 e. The second-order valence-electron chi connectivity index (χ2n) is 5.47. The van der Waals surface area contributed by atoms with Crippen LogP contribution in [0.4, 0.5) is 13.2 Å². The molecule has 112 valence electrons. The van der Waals surface area contributed by atoms with Gasteiger partial charge in [0, 0.05) is 32.6 Å². The number of nitrogens with two attached hydrogens (primary N) is 1. The molecule has 0 spiro atoms. The Kier molecular flexibility index (Phi) is 5.58. The Morgan fingerprint density at radius 3 is 2.11 bits per heavy atom. The van der Waals surface area contributed by atoms with E-state index in [1.165, 1.54) is 0 Å². The zero-order valence-corrected chi connectivity index (χ0v) is 12.3. The van der Waals surface area contributed by atoms with Crippen LogP contribution in [-0.4, -0.2) is 59.2 Å². The van der Waals surface area contributed by atoms with Crippen LogP contribution < -0.4 is 5.73 Å². The Bertz CT molecular complexity index is 310. The van der Waals surface area contributed by atoms with Crippen LogP contribution in [0.15, 0.2) is 0 Å². The maximum atomic E-state index is 12.1. The topological polar surface area (TPSA) is 32.5 Å². The van der Waals surface area contributed by atoms with E-state index >= 15 is 0 Å². The Morgan fingerprint density at radius 2 is 1.68 bits per heavy atom. The highest BCUT2D eigenvalue weighted by atomic mass is 32.1. The zero-order valence-electron chi connectivity index (χ0n) is 11.5. The Labute approximate surface area is 117 Å². The summed E-state index contributed by atoms with van der Waals surface area (Å²) in [5.74, 6) is 0. The molecule has 0 aromatic heterocycles. The summed E-state index contributed by atoms with van der Waals surface area (Å²) in [5, 5.41) is 0. The summed E-state index contributed by atoms with van der Waals surface area (Å²) in [7, 11) is 0. The molecule has 0 saturated carbocycles. The maximum Gasteiger partial charge on any atom is 0.389 e. The number of nitrogens with zero attached hydrogens (tertiary/aromatic N) is 2. The van der Waals surface area contributed by atoms with Gasteiger partial charge in [0.1, 0.15) is 0 Å². The molecule has 0 aromatic rings. The van der Waals surface area contributed by atoms with Gasteiger partial charge >= 0.3 is 6.18 Å². The molecule has 0 aliphatic carbocycles. The lowest BCUT2D eigenvalue weighted by Gasteiger charge is -2.43. The van der Waals surface area contributed by atoms with E-state index in [1.54, 1.807) is 0 Å². The molecule has 1 heterocycles. The van der Waals surface area contributed by atoms with Gasteiger partial charge in [-0.2, -0.15) is 13.2 Å². The van der Waals surface area contributed by atoms with Gasteiger partial charge in [-0.25, -0.2) is 0 Å². The molecule has 0 aromatic carbocycles. The Morgan fingerprint density at radius 1 is 1.16 bits per heavy atom. The van der Waals surface area contributed by atoms with Gasteiger partial charge in [0.05, 0.1) is 10.5 Å². The van der Waals surface area contributed by atoms with E-state index in [2.05, 4.69) is 9.80 Å². The molecule has 0 radical (unpaired) electrons. The van der Waals surface area contributed by atoms with E-state index in [1.807, 2.05) is 13.8 Å². The average molecular weight is 297 g/mol. The first-order valence-electron chi connectivity index (χ1n) is 6.47. The molecule has 1 saturated heterocycles. The normalized spacial score (nSPS) is 19.6. The minimum Gasteiger partial charge on any atom is -0.392 e. The predicted octanol–water partition coefficient (Wildman–Crippen LogP) is 2.01. The molecule has 0 amide bonds. The van der Waals surface area contributed by atoms with E-state index in [9.17, 15) is 13.2 Å². The lowest BCUT2D eigenvalue weighted by atomic mass is 10.0. The van der Waals surface area contributed by atoms with Crippen LogP contribution in [0.2, 0.25) is 0 Å². The van der Waals surface area contributed by atoms with Crippen molar-refractivity contribution in [2.45, 2.75) is 38.4 Å². The van der Waals surface area contributed by atoms with Crippen LogP contribution >= 0.6 is 12.2 Å². The van der Waals surface area contributed by atoms with Gasteiger partial charge in [-0.05, 0) is 26.8 Å². The fraction of sp³-hybridized carbons (Fsp3) is 0.917. The van der Waals surface area contributed by atoms with Crippen molar-refractivity contribution < 1.29 is 13.2 Å². The molecule has 0 atom stereocenters. The van der Waals surface area contributed by atoms with E-state index < -0.39 is 12.6 Å². The summed E-state index contributed by atoms with van der Waals surface area (Å²) >= 11 is 5.05. The second-order valence-corrected chi connectivity index (χ2v) is 5.91. The zero-order chi connectivity index (χ0) is 14.7. The van der Waals surface area contributed by atoms with Crippen molar-refractivity contribution in [2.75, 3.05) is 32.7 Å². The minimum absolute atomic E-state index is 0.169. The summed E-state index contributed by atoms with van der Waals surface area (Å²) in [6.07, 6.45) is -4.58. The second kappa shape index (κ2) is 6.37. The first-order valence-corrected chi connectivity index (χ1v) is 6.88. The number of halogens is 3. The number of hydrogen-bond donors (Lipinski definition) is 1. The molecule has 19 heavy (non-hydrogen) atoms. The third-order valence-corrected chi connectivity index (χ3v) is 4.20. The van der Waals surface area contributed by atoms with Gasteiger partial charge in [0.25, 0.3) is 0 Å². The predicted molar refractivity (Wildman–Crippen MR) is 74.2 cm³/mol. The lowest BCUT2D eigenvalue weighted by molar-refractivity contribution is -0.136. The van der Waals surface area contributed by atoms with E-state index in [-0.39, 0.29) is 12.0 Å². The van der Waals surface area contributed by atoms with Gasteiger partial charge in [0.15, 0.2) is 0 Å². The standard InChI is InChI=1S/C12H22F3N3S/c1-11(2,10(16)19)18-8-6-17(7-9-18)5-3-4-12(13,14)15/h3-9H2,1-2H3,(H2,16,19). The van der Waals surface area contributed by atoms with Crippen LogP contribution in [0, 0.1) is 0 Å². The third kappa shape index (κ3) is 5.24. The van der Waals surface area contributed by atoms with Crippen molar-refractivity contribution in [3.8, 4) is 0 Å². The van der Waals surface area contributed by atoms with Crippen LogP contribution in [0.25, 0.3) is 0 Å². The molecule has 1 fully saturated rings. The van der Waals surface area contributed by atoms with Crippen molar-refractivity contribution >= 4 is 17.2 Å². The number of thiocarbonyl (C=S) groups is 1.